The van der Waals surface area contributed by atoms with Gasteiger partial charge in [-0.15, -0.1) is 10.2 Å². The Balaban J connectivity index is 2.45. The summed E-state index contributed by atoms with van der Waals surface area (Å²) in [4.78, 5) is 0. The number of nitrogens with zero attached hydrogens (tertiary/aromatic N) is 4. The van der Waals surface area contributed by atoms with Gasteiger partial charge in [0.25, 0.3) is 0 Å². The maximum absolute atomic E-state index is 5.80. The zero-order chi connectivity index (χ0) is 11.1. The third-order valence-electron chi connectivity index (χ3n) is 2.59. The van der Waals surface area contributed by atoms with Crippen molar-refractivity contribution in [1.29, 1.82) is 0 Å². The predicted molar refractivity (Wildman–Crippen MR) is 60.9 cm³/mol. The van der Waals surface area contributed by atoms with E-state index in [-0.39, 0.29) is 6.04 Å². The SMILES string of the molecule is CC(N)c1nnc2c3ccccc3cnn12. The number of aromatic nitrogens is 4. The van der Waals surface area contributed by atoms with E-state index in [9.17, 15) is 0 Å². The van der Waals surface area contributed by atoms with Crippen LogP contribution in [0, 0.1) is 0 Å². The molecule has 0 aliphatic rings. The molecule has 3 rings (SSSR count). The number of benzene rings is 1. The van der Waals surface area contributed by atoms with E-state index in [1.165, 1.54) is 0 Å². The molecule has 2 aromatic heterocycles. The molecule has 0 aliphatic heterocycles. The molecule has 0 amide bonds. The second-order valence-corrected chi connectivity index (χ2v) is 3.81. The van der Waals surface area contributed by atoms with Crippen LogP contribution in [0.15, 0.2) is 30.5 Å². The lowest BCUT2D eigenvalue weighted by Crippen LogP contribution is -2.11. The summed E-state index contributed by atoms with van der Waals surface area (Å²) in [5, 5.41) is 14.6. The molecular formula is C11H11N5. The quantitative estimate of drug-likeness (QED) is 0.661. The number of fused-ring (bicyclic) bond motifs is 3. The van der Waals surface area contributed by atoms with Crippen molar-refractivity contribution in [3.63, 3.8) is 0 Å². The average molecular weight is 213 g/mol. The molecule has 0 aliphatic carbocycles. The second-order valence-electron chi connectivity index (χ2n) is 3.81. The normalized spacial score (nSPS) is 13.4. The zero-order valence-electron chi connectivity index (χ0n) is 8.83. The lowest BCUT2D eigenvalue weighted by Gasteiger charge is -2.02. The Morgan fingerprint density at radius 3 is 2.88 bits per heavy atom. The highest BCUT2D eigenvalue weighted by Crippen LogP contribution is 2.18. The van der Waals surface area contributed by atoms with Crippen molar-refractivity contribution in [2.75, 3.05) is 0 Å². The Kier molecular flexibility index (Phi) is 1.87. The summed E-state index contributed by atoms with van der Waals surface area (Å²) >= 11 is 0. The molecule has 16 heavy (non-hydrogen) atoms. The Morgan fingerprint density at radius 1 is 1.25 bits per heavy atom. The van der Waals surface area contributed by atoms with Crippen LogP contribution in [0.2, 0.25) is 0 Å². The molecule has 1 atom stereocenters. The van der Waals surface area contributed by atoms with E-state index in [4.69, 9.17) is 5.73 Å². The Bertz CT molecular complexity index is 656. The molecule has 2 N–H and O–H groups in total. The number of hydrogen-bond acceptors (Lipinski definition) is 4. The van der Waals surface area contributed by atoms with Crippen LogP contribution in [-0.4, -0.2) is 19.8 Å². The van der Waals surface area contributed by atoms with Gasteiger partial charge < -0.3 is 5.73 Å². The molecule has 0 fully saturated rings. The summed E-state index contributed by atoms with van der Waals surface area (Å²) in [5.74, 6) is 0.681. The Labute approximate surface area is 91.9 Å². The van der Waals surface area contributed by atoms with Crippen LogP contribution in [0.4, 0.5) is 0 Å². The summed E-state index contributed by atoms with van der Waals surface area (Å²) in [5.41, 5.74) is 6.56. The van der Waals surface area contributed by atoms with Crippen LogP contribution >= 0.6 is 0 Å². The average Bonchev–Trinajstić information content (AvgIpc) is 2.73. The van der Waals surface area contributed by atoms with Crippen molar-refractivity contribution in [3.8, 4) is 0 Å². The summed E-state index contributed by atoms with van der Waals surface area (Å²) in [6, 6.07) is 7.78. The van der Waals surface area contributed by atoms with Crippen molar-refractivity contribution in [1.82, 2.24) is 19.8 Å². The van der Waals surface area contributed by atoms with E-state index in [0.717, 1.165) is 16.4 Å². The lowest BCUT2D eigenvalue weighted by atomic mass is 10.2. The maximum Gasteiger partial charge on any atom is 0.185 e. The fourth-order valence-electron chi connectivity index (χ4n) is 1.79. The first-order chi connectivity index (χ1) is 7.77. The van der Waals surface area contributed by atoms with E-state index in [1.807, 2.05) is 31.2 Å². The van der Waals surface area contributed by atoms with Crippen molar-refractivity contribution in [2.24, 2.45) is 5.73 Å². The molecule has 1 aromatic carbocycles. The van der Waals surface area contributed by atoms with E-state index >= 15 is 0 Å². The van der Waals surface area contributed by atoms with E-state index in [1.54, 1.807) is 10.7 Å². The van der Waals surface area contributed by atoms with Crippen LogP contribution in [0.5, 0.6) is 0 Å². The van der Waals surface area contributed by atoms with Crippen LogP contribution in [0.3, 0.4) is 0 Å². The molecule has 0 spiro atoms. The highest BCUT2D eigenvalue weighted by Gasteiger charge is 2.12. The van der Waals surface area contributed by atoms with Gasteiger partial charge in [0.05, 0.1) is 12.2 Å². The van der Waals surface area contributed by atoms with Crippen molar-refractivity contribution in [3.05, 3.63) is 36.3 Å². The summed E-state index contributed by atoms with van der Waals surface area (Å²) < 4.78 is 1.70. The molecule has 0 bridgehead atoms. The molecular weight excluding hydrogens is 202 g/mol. The summed E-state index contributed by atoms with van der Waals surface area (Å²) in [7, 11) is 0. The molecule has 80 valence electrons. The second kappa shape index (κ2) is 3.24. The topological polar surface area (TPSA) is 69.1 Å². The molecule has 2 heterocycles. The minimum Gasteiger partial charge on any atom is -0.321 e. The van der Waals surface area contributed by atoms with Gasteiger partial charge in [-0.25, -0.2) is 0 Å². The highest BCUT2D eigenvalue weighted by atomic mass is 15.4. The zero-order valence-corrected chi connectivity index (χ0v) is 8.83. The predicted octanol–water partition coefficient (Wildman–Crippen LogP) is 1.30. The van der Waals surface area contributed by atoms with Crippen molar-refractivity contribution in [2.45, 2.75) is 13.0 Å². The number of hydrogen-bond donors (Lipinski definition) is 1. The van der Waals surface area contributed by atoms with Gasteiger partial charge in [0.1, 0.15) is 0 Å². The van der Waals surface area contributed by atoms with Gasteiger partial charge in [0, 0.05) is 10.8 Å². The summed E-state index contributed by atoms with van der Waals surface area (Å²) in [6.45, 7) is 1.87. The Morgan fingerprint density at radius 2 is 2.06 bits per heavy atom. The van der Waals surface area contributed by atoms with Gasteiger partial charge in [-0.2, -0.15) is 9.61 Å². The summed E-state index contributed by atoms with van der Waals surface area (Å²) in [6.07, 6.45) is 1.80. The van der Waals surface area contributed by atoms with E-state index in [0.29, 0.717) is 5.82 Å². The molecule has 0 saturated heterocycles. The lowest BCUT2D eigenvalue weighted by molar-refractivity contribution is 0.696. The number of rotatable bonds is 1. The smallest absolute Gasteiger partial charge is 0.185 e. The van der Waals surface area contributed by atoms with Gasteiger partial charge in [-0.1, -0.05) is 24.3 Å². The molecule has 3 aromatic rings. The minimum atomic E-state index is -0.177. The fraction of sp³-hybridized carbons (Fsp3) is 0.182. The first-order valence-electron chi connectivity index (χ1n) is 5.12. The largest absolute Gasteiger partial charge is 0.321 e. The Hall–Kier alpha value is -2.01. The molecule has 0 saturated carbocycles. The third kappa shape index (κ3) is 1.18. The third-order valence-corrected chi connectivity index (χ3v) is 2.59. The first-order valence-corrected chi connectivity index (χ1v) is 5.12. The van der Waals surface area contributed by atoms with Crippen LogP contribution in [-0.2, 0) is 0 Å². The molecule has 0 radical (unpaired) electrons. The van der Waals surface area contributed by atoms with Gasteiger partial charge in [-0.05, 0) is 6.92 Å². The minimum absolute atomic E-state index is 0.177. The van der Waals surface area contributed by atoms with Crippen LogP contribution in [0.1, 0.15) is 18.8 Å². The van der Waals surface area contributed by atoms with Gasteiger partial charge in [0.2, 0.25) is 0 Å². The van der Waals surface area contributed by atoms with E-state index in [2.05, 4.69) is 15.3 Å². The maximum atomic E-state index is 5.80. The van der Waals surface area contributed by atoms with Crippen molar-refractivity contribution >= 4 is 16.4 Å². The standard InChI is InChI=1S/C11H11N5/c1-7(12)10-14-15-11-9-5-3-2-4-8(9)6-13-16(10)11/h2-7H,12H2,1H3. The first kappa shape index (κ1) is 9.23. The molecule has 5 nitrogen and oxygen atoms in total. The number of nitrogens with two attached hydrogens (primary N) is 1. The highest BCUT2D eigenvalue weighted by molar-refractivity contribution is 5.92. The molecule has 1 unspecified atom stereocenters. The van der Waals surface area contributed by atoms with Gasteiger partial charge in [-0.3, -0.25) is 0 Å². The van der Waals surface area contributed by atoms with Crippen molar-refractivity contribution < 1.29 is 0 Å². The van der Waals surface area contributed by atoms with Gasteiger partial charge >= 0.3 is 0 Å². The van der Waals surface area contributed by atoms with Crippen LogP contribution in [0.25, 0.3) is 16.4 Å². The van der Waals surface area contributed by atoms with Crippen LogP contribution < -0.4 is 5.73 Å². The molecule has 5 heteroatoms. The van der Waals surface area contributed by atoms with Gasteiger partial charge in [0.15, 0.2) is 11.5 Å². The fourth-order valence-corrected chi connectivity index (χ4v) is 1.79. The monoisotopic (exact) mass is 213 g/mol. The van der Waals surface area contributed by atoms with E-state index < -0.39 is 0 Å².